The minimum absolute atomic E-state index is 0.844. The average molecular weight is 591 g/mol. The lowest BCUT2D eigenvalue weighted by Crippen LogP contribution is -2.15. The summed E-state index contributed by atoms with van der Waals surface area (Å²) in [5.41, 5.74) is 6.25. The van der Waals surface area contributed by atoms with Gasteiger partial charge in [-0.2, -0.15) is 0 Å². The van der Waals surface area contributed by atoms with E-state index in [1.807, 2.05) is 48.5 Å². The molecule has 8 aromatic carbocycles. The van der Waals surface area contributed by atoms with E-state index >= 15 is 0 Å². The molecule has 0 atom stereocenters. The van der Waals surface area contributed by atoms with Crippen molar-refractivity contribution in [2.75, 3.05) is 9.80 Å². The molecule has 0 saturated carbocycles. The van der Waals surface area contributed by atoms with Gasteiger partial charge < -0.3 is 19.3 Å². The number of fused-ring (bicyclic) bond motifs is 10. The molecule has 216 valence electrons. The summed E-state index contributed by atoms with van der Waals surface area (Å²) in [4.78, 5) is 4.62. The molecule has 0 radical (unpaired) electrons. The number of anilines is 6. The van der Waals surface area contributed by atoms with Crippen molar-refractivity contribution in [3.05, 3.63) is 158 Å². The van der Waals surface area contributed by atoms with Crippen LogP contribution >= 0.6 is 0 Å². The van der Waals surface area contributed by atoms with Gasteiger partial charge in [-0.3, -0.25) is 0 Å². The Kier molecular flexibility index (Phi) is 5.25. The highest BCUT2D eigenvalue weighted by atomic mass is 16.5. The largest absolute Gasteiger partial charge is 0.453 e. The second-order valence-electron chi connectivity index (χ2n) is 11.8. The molecular weight excluding hydrogens is 564 g/mol. The summed E-state index contributed by atoms with van der Waals surface area (Å²) in [5.74, 6) is 3.38. The van der Waals surface area contributed by atoms with E-state index in [9.17, 15) is 0 Å². The molecule has 0 fully saturated rings. The van der Waals surface area contributed by atoms with Crippen LogP contribution < -0.4 is 19.3 Å². The van der Waals surface area contributed by atoms with Gasteiger partial charge in [0.1, 0.15) is 0 Å². The normalized spacial score (nSPS) is 13.0. The fraction of sp³-hybridized carbons (Fsp3) is 0. The third-order valence-electron chi connectivity index (χ3n) is 9.18. The molecule has 46 heavy (non-hydrogen) atoms. The lowest BCUT2D eigenvalue weighted by Gasteiger charge is -2.33. The molecule has 10 rings (SSSR count). The molecule has 2 aliphatic rings. The summed E-state index contributed by atoms with van der Waals surface area (Å²) in [5, 5.41) is 7.33. The lowest BCUT2D eigenvalue weighted by molar-refractivity contribution is 0.477. The topological polar surface area (TPSA) is 24.9 Å². The number of benzene rings is 8. The summed E-state index contributed by atoms with van der Waals surface area (Å²) in [6.45, 7) is 0. The maximum absolute atomic E-state index is 6.33. The molecule has 0 saturated heterocycles. The molecular formula is C42H26N2O2. The fourth-order valence-corrected chi connectivity index (χ4v) is 7.18. The molecule has 2 heterocycles. The number of rotatable bonds is 2. The zero-order valence-corrected chi connectivity index (χ0v) is 24.7. The fourth-order valence-electron chi connectivity index (χ4n) is 7.18. The first-order valence-corrected chi connectivity index (χ1v) is 15.5. The maximum Gasteiger partial charge on any atom is 0.151 e. The number of hydrogen-bond donors (Lipinski definition) is 0. The van der Waals surface area contributed by atoms with Crippen molar-refractivity contribution in [2.24, 2.45) is 0 Å². The van der Waals surface area contributed by atoms with E-state index in [-0.39, 0.29) is 0 Å². The van der Waals surface area contributed by atoms with Gasteiger partial charge in [-0.15, -0.1) is 0 Å². The predicted molar refractivity (Wildman–Crippen MR) is 188 cm³/mol. The molecule has 0 aromatic heterocycles. The highest BCUT2D eigenvalue weighted by molar-refractivity contribution is 6.26. The van der Waals surface area contributed by atoms with Crippen molar-refractivity contribution in [3.8, 4) is 23.0 Å². The molecule has 0 bridgehead atoms. The molecule has 0 aliphatic carbocycles. The Morgan fingerprint density at radius 1 is 0.283 bits per heavy atom. The van der Waals surface area contributed by atoms with Crippen LogP contribution in [-0.4, -0.2) is 0 Å². The Morgan fingerprint density at radius 2 is 0.587 bits per heavy atom. The first kappa shape index (κ1) is 25.1. The van der Waals surface area contributed by atoms with E-state index in [2.05, 4.69) is 119 Å². The summed E-state index contributed by atoms with van der Waals surface area (Å²) in [7, 11) is 0. The van der Waals surface area contributed by atoms with Crippen molar-refractivity contribution >= 4 is 66.4 Å². The maximum atomic E-state index is 6.33. The van der Waals surface area contributed by atoms with Crippen LogP contribution in [0.4, 0.5) is 34.1 Å². The van der Waals surface area contributed by atoms with E-state index < -0.39 is 0 Å². The SMILES string of the molecule is c1ccc2c(c1)Oc1ccccc1N2c1ccc2c3ccccc3c3ccc(N4c5ccccc5Oc5ccccc54)cc3c2c1. The Balaban J connectivity index is 1.26. The molecule has 8 aromatic rings. The van der Waals surface area contributed by atoms with Crippen LogP contribution in [0.1, 0.15) is 0 Å². The lowest BCUT2D eigenvalue weighted by atomic mass is 9.93. The summed E-state index contributed by atoms with van der Waals surface area (Å²) < 4.78 is 12.7. The highest BCUT2D eigenvalue weighted by Crippen LogP contribution is 2.53. The number of para-hydroxylation sites is 8. The van der Waals surface area contributed by atoms with Crippen molar-refractivity contribution in [2.45, 2.75) is 0 Å². The molecule has 4 nitrogen and oxygen atoms in total. The Hall–Kier alpha value is -6.26. The van der Waals surface area contributed by atoms with Crippen molar-refractivity contribution in [3.63, 3.8) is 0 Å². The van der Waals surface area contributed by atoms with Gasteiger partial charge in [0.25, 0.3) is 0 Å². The molecule has 4 heteroatoms. The summed E-state index contributed by atoms with van der Waals surface area (Å²) in [6.07, 6.45) is 0. The van der Waals surface area contributed by atoms with Crippen molar-refractivity contribution < 1.29 is 9.47 Å². The van der Waals surface area contributed by atoms with Crippen LogP contribution in [-0.2, 0) is 0 Å². The Bertz CT molecular complexity index is 2250. The van der Waals surface area contributed by atoms with Crippen LogP contribution in [0.15, 0.2) is 158 Å². The van der Waals surface area contributed by atoms with Crippen molar-refractivity contribution in [1.29, 1.82) is 0 Å². The number of hydrogen-bond acceptors (Lipinski definition) is 4. The van der Waals surface area contributed by atoms with Gasteiger partial charge in [-0.25, -0.2) is 0 Å². The molecule has 0 N–H and O–H groups in total. The van der Waals surface area contributed by atoms with Gasteiger partial charge in [0.05, 0.1) is 22.7 Å². The van der Waals surface area contributed by atoms with Crippen LogP contribution in [0.5, 0.6) is 23.0 Å². The molecule has 0 unspecified atom stereocenters. The third-order valence-corrected chi connectivity index (χ3v) is 9.18. The van der Waals surface area contributed by atoms with Gasteiger partial charge >= 0.3 is 0 Å². The second-order valence-corrected chi connectivity index (χ2v) is 11.8. The van der Waals surface area contributed by atoms with Crippen LogP contribution in [0, 0.1) is 0 Å². The molecule has 0 spiro atoms. The standard InChI is InChI=1S/C42H26N2O2/c1-2-12-30-29(11-1)31-23-21-27(43-35-13-3-7-17-39(35)45-40-18-8-4-14-36(40)43)25-33(31)34-26-28(22-24-32(30)34)44-37-15-5-9-19-41(37)46-42-20-10-6-16-38(42)44/h1-26H. The third kappa shape index (κ3) is 3.61. The Morgan fingerprint density at radius 3 is 0.957 bits per heavy atom. The van der Waals surface area contributed by atoms with E-state index in [0.717, 1.165) is 57.1 Å². The summed E-state index contributed by atoms with van der Waals surface area (Å²) in [6, 6.07) is 55.4. The average Bonchev–Trinajstić information content (AvgIpc) is 3.12. The smallest absolute Gasteiger partial charge is 0.151 e. The van der Waals surface area contributed by atoms with Crippen LogP contribution in [0.3, 0.4) is 0 Å². The zero-order chi connectivity index (χ0) is 30.2. The van der Waals surface area contributed by atoms with E-state index in [1.54, 1.807) is 0 Å². The summed E-state index contributed by atoms with van der Waals surface area (Å²) >= 11 is 0. The predicted octanol–water partition coefficient (Wildman–Crippen LogP) is 12.3. The minimum Gasteiger partial charge on any atom is -0.453 e. The number of nitrogens with zero attached hydrogens (tertiary/aromatic N) is 2. The van der Waals surface area contributed by atoms with Gasteiger partial charge in [-0.1, -0.05) is 84.9 Å². The zero-order valence-electron chi connectivity index (χ0n) is 24.7. The van der Waals surface area contributed by atoms with Crippen molar-refractivity contribution in [1.82, 2.24) is 0 Å². The van der Waals surface area contributed by atoms with Crippen LogP contribution in [0.2, 0.25) is 0 Å². The number of ether oxygens (including phenoxy) is 2. The van der Waals surface area contributed by atoms with E-state index in [4.69, 9.17) is 9.47 Å². The van der Waals surface area contributed by atoms with Gasteiger partial charge in [-0.05, 0) is 105 Å². The van der Waals surface area contributed by atoms with Gasteiger partial charge in [0.2, 0.25) is 0 Å². The molecule has 2 aliphatic heterocycles. The first-order chi connectivity index (χ1) is 22.8. The second kappa shape index (κ2) is 9.62. The van der Waals surface area contributed by atoms with E-state index in [1.165, 1.54) is 32.3 Å². The molecule has 0 amide bonds. The quantitative estimate of drug-likeness (QED) is 0.187. The van der Waals surface area contributed by atoms with Gasteiger partial charge in [0.15, 0.2) is 23.0 Å². The van der Waals surface area contributed by atoms with E-state index in [0.29, 0.717) is 0 Å². The first-order valence-electron chi connectivity index (χ1n) is 15.5. The van der Waals surface area contributed by atoms with Gasteiger partial charge in [0, 0.05) is 11.4 Å². The van der Waals surface area contributed by atoms with Crippen LogP contribution in [0.25, 0.3) is 32.3 Å². The monoisotopic (exact) mass is 590 g/mol. The minimum atomic E-state index is 0.844. The Labute approximate surface area is 265 Å². The highest BCUT2D eigenvalue weighted by Gasteiger charge is 2.27.